The third-order valence-corrected chi connectivity index (χ3v) is 2.68. The van der Waals surface area contributed by atoms with Crippen molar-refractivity contribution in [1.29, 1.82) is 0 Å². The summed E-state index contributed by atoms with van der Waals surface area (Å²) < 4.78 is 15.5. The number of fused-ring (bicyclic) bond motifs is 1. The molecule has 0 saturated carbocycles. The lowest BCUT2D eigenvalue weighted by Crippen LogP contribution is -1.96. The molecular weight excluding hydrogens is 246 g/mol. The molecule has 0 atom stereocenters. The van der Waals surface area contributed by atoms with Crippen LogP contribution in [0.15, 0.2) is 34.9 Å². The lowest BCUT2D eigenvalue weighted by atomic mass is 10.2. The molecule has 0 amide bonds. The van der Waals surface area contributed by atoms with E-state index in [2.05, 4.69) is 15.1 Å². The van der Waals surface area contributed by atoms with E-state index in [0.29, 0.717) is 23.3 Å². The van der Waals surface area contributed by atoms with Crippen molar-refractivity contribution in [2.45, 2.75) is 0 Å². The smallest absolute Gasteiger partial charge is 0.220 e. The van der Waals surface area contributed by atoms with Gasteiger partial charge in [-0.2, -0.15) is 9.97 Å². The van der Waals surface area contributed by atoms with Crippen LogP contribution in [0, 0.1) is 0 Å². The van der Waals surface area contributed by atoms with Gasteiger partial charge in [0, 0.05) is 0 Å². The molecule has 0 unspecified atom stereocenters. The molecule has 0 bridgehead atoms. The largest absolute Gasteiger partial charge is 0.481 e. The number of benzene rings is 1. The third-order valence-electron chi connectivity index (χ3n) is 2.68. The van der Waals surface area contributed by atoms with Crippen molar-refractivity contribution in [3.8, 4) is 23.3 Å². The van der Waals surface area contributed by atoms with Gasteiger partial charge in [-0.3, -0.25) is 0 Å². The van der Waals surface area contributed by atoms with E-state index in [0.717, 1.165) is 10.9 Å². The summed E-state index contributed by atoms with van der Waals surface area (Å²) in [6, 6.07) is 9.15. The van der Waals surface area contributed by atoms with Crippen LogP contribution in [0.4, 0.5) is 0 Å². The first-order valence-corrected chi connectivity index (χ1v) is 5.63. The molecule has 0 N–H and O–H groups in total. The highest BCUT2D eigenvalue weighted by Crippen LogP contribution is 2.28. The number of rotatable bonds is 3. The number of ether oxygens (including phenoxy) is 2. The second kappa shape index (κ2) is 4.56. The van der Waals surface area contributed by atoms with Gasteiger partial charge in [-0.05, 0) is 12.1 Å². The van der Waals surface area contributed by atoms with Crippen molar-refractivity contribution < 1.29 is 14.0 Å². The van der Waals surface area contributed by atoms with Gasteiger partial charge in [0.05, 0.1) is 25.7 Å². The summed E-state index contributed by atoms with van der Waals surface area (Å²) in [6.45, 7) is 0. The first-order valence-electron chi connectivity index (χ1n) is 5.63. The molecule has 3 aromatic rings. The Balaban J connectivity index is 2.20. The molecule has 2 heterocycles. The van der Waals surface area contributed by atoms with Crippen LogP contribution in [0.3, 0.4) is 0 Å². The summed E-state index contributed by atoms with van der Waals surface area (Å²) >= 11 is 0. The number of aromatic nitrogens is 3. The predicted octanol–water partition coefficient (Wildman–Crippen LogP) is 2.30. The summed E-state index contributed by atoms with van der Waals surface area (Å²) in [7, 11) is 3.06. The van der Waals surface area contributed by atoms with Crippen LogP contribution < -0.4 is 9.47 Å². The van der Waals surface area contributed by atoms with Gasteiger partial charge >= 0.3 is 0 Å². The van der Waals surface area contributed by atoms with Crippen LogP contribution in [0.1, 0.15) is 0 Å². The summed E-state index contributed by atoms with van der Waals surface area (Å²) in [5, 5.41) is 4.81. The van der Waals surface area contributed by atoms with E-state index in [1.165, 1.54) is 14.2 Å². The Kier molecular flexibility index (Phi) is 2.75. The first-order chi connectivity index (χ1) is 9.31. The normalized spacial score (nSPS) is 10.6. The first kappa shape index (κ1) is 11.5. The maximum atomic E-state index is 5.31. The molecule has 1 aromatic carbocycles. The molecule has 6 nitrogen and oxygen atoms in total. The Morgan fingerprint density at radius 2 is 1.68 bits per heavy atom. The van der Waals surface area contributed by atoms with Crippen molar-refractivity contribution in [2.75, 3.05) is 14.2 Å². The second-order valence-corrected chi connectivity index (χ2v) is 3.81. The minimum atomic E-state index is 0.380. The average Bonchev–Trinajstić information content (AvgIpc) is 2.90. The van der Waals surface area contributed by atoms with Crippen molar-refractivity contribution in [3.05, 3.63) is 30.3 Å². The molecular formula is C13H11N3O3. The molecule has 19 heavy (non-hydrogen) atoms. The van der Waals surface area contributed by atoms with Crippen LogP contribution >= 0.6 is 0 Å². The van der Waals surface area contributed by atoms with Gasteiger partial charge < -0.3 is 14.0 Å². The van der Waals surface area contributed by atoms with E-state index < -0.39 is 0 Å². The number of methoxy groups -OCH3 is 2. The van der Waals surface area contributed by atoms with Gasteiger partial charge in [-0.25, -0.2) is 0 Å². The third kappa shape index (κ3) is 1.97. The fourth-order valence-electron chi connectivity index (χ4n) is 1.77. The van der Waals surface area contributed by atoms with Crippen LogP contribution in [-0.2, 0) is 0 Å². The van der Waals surface area contributed by atoms with Crippen molar-refractivity contribution in [1.82, 2.24) is 15.1 Å². The standard InChI is InChI=1S/C13H11N3O3/c1-17-10-7-11(18-2)15-13(14-10)12-8-5-3-4-6-9(8)16-19-12/h3-7H,1-2H3. The molecule has 0 fully saturated rings. The second-order valence-electron chi connectivity index (χ2n) is 3.81. The maximum absolute atomic E-state index is 5.31. The fourth-order valence-corrected chi connectivity index (χ4v) is 1.77. The van der Waals surface area contributed by atoms with E-state index in [-0.39, 0.29) is 0 Å². The lowest BCUT2D eigenvalue weighted by molar-refractivity contribution is 0.370. The summed E-state index contributed by atoms with van der Waals surface area (Å²) in [6.07, 6.45) is 0. The Morgan fingerprint density at radius 3 is 2.37 bits per heavy atom. The van der Waals surface area contributed by atoms with E-state index in [4.69, 9.17) is 14.0 Å². The maximum Gasteiger partial charge on any atom is 0.220 e. The molecule has 0 radical (unpaired) electrons. The molecule has 0 aliphatic carbocycles. The van der Waals surface area contributed by atoms with Crippen LogP contribution in [-0.4, -0.2) is 29.3 Å². The highest BCUT2D eigenvalue weighted by atomic mass is 16.5. The van der Waals surface area contributed by atoms with Crippen LogP contribution in [0.2, 0.25) is 0 Å². The lowest BCUT2D eigenvalue weighted by Gasteiger charge is -2.04. The van der Waals surface area contributed by atoms with Crippen LogP contribution in [0.25, 0.3) is 22.5 Å². The molecule has 0 aliphatic rings. The molecule has 2 aromatic heterocycles. The topological polar surface area (TPSA) is 70.3 Å². The quantitative estimate of drug-likeness (QED) is 0.717. The number of hydrogen-bond donors (Lipinski definition) is 0. The zero-order chi connectivity index (χ0) is 13.2. The minimum absolute atomic E-state index is 0.380. The Morgan fingerprint density at radius 1 is 1.00 bits per heavy atom. The average molecular weight is 257 g/mol. The van der Waals surface area contributed by atoms with Gasteiger partial charge in [0.15, 0.2) is 0 Å². The van der Waals surface area contributed by atoms with E-state index >= 15 is 0 Å². The molecule has 6 heteroatoms. The molecule has 0 aliphatic heterocycles. The van der Waals surface area contributed by atoms with Crippen LogP contribution in [0.5, 0.6) is 11.8 Å². The molecule has 3 rings (SSSR count). The van der Waals surface area contributed by atoms with Gasteiger partial charge in [0.1, 0.15) is 5.52 Å². The zero-order valence-corrected chi connectivity index (χ0v) is 10.5. The van der Waals surface area contributed by atoms with Gasteiger partial charge in [-0.15, -0.1) is 0 Å². The SMILES string of the molecule is COc1cc(OC)nc(-c2onc3ccccc23)n1. The summed E-state index contributed by atoms with van der Waals surface area (Å²) in [5.41, 5.74) is 0.753. The van der Waals surface area contributed by atoms with Crippen molar-refractivity contribution >= 4 is 10.9 Å². The van der Waals surface area contributed by atoms with Crippen molar-refractivity contribution in [2.24, 2.45) is 0 Å². The monoisotopic (exact) mass is 257 g/mol. The molecule has 0 saturated heterocycles. The number of hydrogen-bond acceptors (Lipinski definition) is 6. The highest BCUT2D eigenvalue weighted by molar-refractivity contribution is 5.89. The van der Waals surface area contributed by atoms with E-state index in [1.54, 1.807) is 6.07 Å². The Labute approximate surface area is 109 Å². The Bertz CT molecular complexity index is 702. The van der Waals surface area contributed by atoms with Gasteiger partial charge in [0.25, 0.3) is 0 Å². The zero-order valence-electron chi connectivity index (χ0n) is 10.5. The van der Waals surface area contributed by atoms with E-state index in [9.17, 15) is 0 Å². The highest BCUT2D eigenvalue weighted by Gasteiger charge is 2.15. The van der Waals surface area contributed by atoms with Crippen molar-refractivity contribution in [3.63, 3.8) is 0 Å². The summed E-state index contributed by atoms with van der Waals surface area (Å²) in [4.78, 5) is 8.49. The van der Waals surface area contributed by atoms with E-state index in [1.807, 2.05) is 24.3 Å². The minimum Gasteiger partial charge on any atom is -0.481 e. The molecule has 0 spiro atoms. The predicted molar refractivity (Wildman–Crippen MR) is 68.1 cm³/mol. The number of nitrogens with zero attached hydrogens (tertiary/aromatic N) is 3. The molecule has 96 valence electrons. The Hall–Kier alpha value is -2.63. The van der Waals surface area contributed by atoms with Gasteiger partial charge in [0.2, 0.25) is 23.3 Å². The van der Waals surface area contributed by atoms with Gasteiger partial charge in [-0.1, -0.05) is 17.3 Å². The summed E-state index contributed by atoms with van der Waals surface area (Å²) in [5.74, 6) is 1.68. The fraction of sp³-hybridized carbons (Fsp3) is 0.154.